The molecule has 0 spiro atoms. The maximum absolute atomic E-state index is 14.4. The molecule has 2 atom stereocenters. The van der Waals surface area contributed by atoms with Crippen LogP contribution in [0.3, 0.4) is 0 Å². The molecule has 3 amide bonds. The van der Waals surface area contributed by atoms with Crippen molar-refractivity contribution >= 4 is 23.9 Å². The van der Waals surface area contributed by atoms with Crippen LogP contribution in [0.25, 0.3) is 0 Å². The fourth-order valence-electron chi connectivity index (χ4n) is 4.42. The van der Waals surface area contributed by atoms with Crippen molar-refractivity contribution in [3.63, 3.8) is 0 Å². The number of benzene rings is 2. The summed E-state index contributed by atoms with van der Waals surface area (Å²) in [7, 11) is 1.24. The molecule has 0 aromatic heterocycles. The van der Waals surface area contributed by atoms with Gasteiger partial charge in [0.15, 0.2) is 0 Å². The predicted octanol–water partition coefficient (Wildman–Crippen LogP) is 4.87. The normalized spacial score (nSPS) is 12.5. The Morgan fingerprint density at radius 3 is 2.27 bits per heavy atom. The zero-order valence-corrected chi connectivity index (χ0v) is 25.2. The third-order valence-electron chi connectivity index (χ3n) is 6.36. The second-order valence-electron chi connectivity index (χ2n) is 11.1. The molecule has 41 heavy (non-hydrogen) atoms. The lowest BCUT2D eigenvalue weighted by atomic mass is 9.98. The average Bonchev–Trinajstić information content (AvgIpc) is 2.92. The molecular weight excluding hydrogens is 522 g/mol. The molecule has 0 fully saturated rings. The van der Waals surface area contributed by atoms with Crippen molar-refractivity contribution in [3.05, 3.63) is 71.3 Å². The van der Waals surface area contributed by atoms with Crippen molar-refractivity contribution in [3.8, 4) is 0 Å². The van der Waals surface area contributed by atoms with Crippen LogP contribution >= 0.6 is 0 Å². The number of hydrogen-bond acceptors (Lipinski definition) is 6. The molecule has 2 N–H and O–H groups in total. The highest BCUT2D eigenvalue weighted by Gasteiger charge is 2.36. The van der Waals surface area contributed by atoms with Crippen LogP contribution in [0.2, 0.25) is 0 Å². The van der Waals surface area contributed by atoms with Crippen molar-refractivity contribution in [1.29, 1.82) is 0 Å². The van der Waals surface area contributed by atoms with Crippen molar-refractivity contribution < 1.29 is 28.7 Å². The third kappa shape index (κ3) is 11.6. The van der Waals surface area contributed by atoms with Crippen molar-refractivity contribution in [2.45, 2.75) is 84.4 Å². The van der Waals surface area contributed by atoms with Gasteiger partial charge in [0.05, 0.1) is 7.11 Å². The standard InChI is InChI=1S/C32H45N3O6/c1-7-8-9-13-19-35(28(25-18-14-15-23(2)20-25)29(37)33-22-27(36)40-6)30(38)26(21-24-16-11-10-12-17-24)34-31(39)41-32(3,4)5/h10-12,14-18,20,26,28H,7-9,13,19,21-22H2,1-6H3,(H,33,37)(H,34,39). The maximum atomic E-state index is 14.4. The van der Waals surface area contributed by atoms with Gasteiger partial charge in [-0.2, -0.15) is 0 Å². The SMILES string of the molecule is CCCCCCN(C(=O)C(Cc1ccccc1)NC(=O)OC(C)(C)C)C(C(=O)NCC(=O)OC)c1cccc(C)c1. The molecule has 2 aromatic carbocycles. The number of alkyl carbamates (subject to hydrolysis) is 1. The van der Waals surface area contributed by atoms with Gasteiger partial charge in [-0.1, -0.05) is 86.3 Å². The summed E-state index contributed by atoms with van der Waals surface area (Å²) in [6.07, 6.45) is 3.00. The number of rotatable bonds is 14. The summed E-state index contributed by atoms with van der Waals surface area (Å²) >= 11 is 0. The van der Waals surface area contributed by atoms with Crippen molar-refractivity contribution in [2.24, 2.45) is 0 Å². The van der Waals surface area contributed by atoms with E-state index in [0.717, 1.165) is 30.4 Å². The Kier molecular flexibility index (Phi) is 13.3. The fraction of sp³-hybridized carbons (Fsp3) is 0.500. The minimum Gasteiger partial charge on any atom is -0.468 e. The van der Waals surface area contributed by atoms with Gasteiger partial charge in [-0.3, -0.25) is 14.4 Å². The van der Waals surface area contributed by atoms with Crippen molar-refractivity contribution in [1.82, 2.24) is 15.5 Å². The number of unbranched alkanes of at least 4 members (excludes halogenated alkanes) is 3. The van der Waals surface area contributed by atoms with Gasteiger partial charge in [-0.05, 0) is 45.2 Å². The molecule has 0 aliphatic carbocycles. The molecule has 224 valence electrons. The number of amides is 3. The maximum Gasteiger partial charge on any atom is 0.408 e. The smallest absolute Gasteiger partial charge is 0.408 e. The first kappa shape index (κ1) is 33.3. The van der Waals surface area contributed by atoms with E-state index in [4.69, 9.17) is 9.47 Å². The van der Waals surface area contributed by atoms with Crippen LogP contribution in [0.1, 0.15) is 76.1 Å². The first-order valence-electron chi connectivity index (χ1n) is 14.2. The second-order valence-corrected chi connectivity index (χ2v) is 11.1. The number of ether oxygens (including phenoxy) is 2. The number of carbonyl (C=O) groups is 4. The number of esters is 1. The summed E-state index contributed by atoms with van der Waals surface area (Å²) < 4.78 is 10.2. The molecule has 0 heterocycles. The Balaban J connectivity index is 2.54. The van der Waals surface area contributed by atoms with Crippen LogP contribution in [-0.4, -0.2) is 60.6 Å². The number of nitrogens with zero attached hydrogens (tertiary/aromatic N) is 1. The summed E-state index contributed by atoms with van der Waals surface area (Å²) in [5.41, 5.74) is 1.60. The summed E-state index contributed by atoms with van der Waals surface area (Å²) in [5, 5.41) is 5.39. The summed E-state index contributed by atoms with van der Waals surface area (Å²) in [6.45, 7) is 9.20. The molecule has 0 aliphatic heterocycles. The number of carbonyl (C=O) groups excluding carboxylic acids is 4. The number of methoxy groups -OCH3 is 1. The highest BCUT2D eigenvalue weighted by Crippen LogP contribution is 2.25. The van der Waals surface area contributed by atoms with Crippen LogP contribution in [0.4, 0.5) is 4.79 Å². The molecule has 2 aromatic rings. The largest absolute Gasteiger partial charge is 0.468 e. The van der Waals surface area contributed by atoms with E-state index >= 15 is 0 Å². The van der Waals surface area contributed by atoms with Gasteiger partial charge in [0.25, 0.3) is 0 Å². The molecule has 0 saturated heterocycles. The molecule has 0 radical (unpaired) electrons. The van der Waals surface area contributed by atoms with Gasteiger partial charge < -0.3 is 25.0 Å². The number of nitrogens with one attached hydrogen (secondary N) is 2. The Morgan fingerprint density at radius 2 is 1.66 bits per heavy atom. The van der Waals surface area contributed by atoms with Crippen molar-refractivity contribution in [2.75, 3.05) is 20.2 Å². The van der Waals surface area contributed by atoms with E-state index in [1.165, 1.54) is 12.0 Å². The Labute approximate surface area is 244 Å². The highest BCUT2D eigenvalue weighted by atomic mass is 16.6. The summed E-state index contributed by atoms with van der Waals surface area (Å²) in [4.78, 5) is 54.3. The topological polar surface area (TPSA) is 114 Å². The first-order chi connectivity index (χ1) is 19.4. The third-order valence-corrected chi connectivity index (χ3v) is 6.36. The van der Waals surface area contributed by atoms with Gasteiger partial charge in [0.1, 0.15) is 24.2 Å². The van der Waals surface area contributed by atoms with Gasteiger partial charge in [0, 0.05) is 13.0 Å². The van der Waals surface area contributed by atoms with Gasteiger partial charge in [0.2, 0.25) is 11.8 Å². The molecule has 9 nitrogen and oxygen atoms in total. The highest BCUT2D eigenvalue weighted by molar-refractivity contribution is 5.93. The monoisotopic (exact) mass is 567 g/mol. The van der Waals surface area contributed by atoms with E-state index in [1.54, 1.807) is 26.8 Å². The average molecular weight is 568 g/mol. The number of aryl methyl sites for hydroxylation is 1. The summed E-state index contributed by atoms with van der Waals surface area (Å²) in [5.74, 6) is -1.53. The van der Waals surface area contributed by atoms with Crippen LogP contribution < -0.4 is 10.6 Å². The second kappa shape index (κ2) is 16.4. The van der Waals surface area contributed by atoms with E-state index < -0.39 is 41.6 Å². The minimum atomic E-state index is -1.03. The first-order valence-corrected chi connectivity index (χ1v) is 14.2. The molecule has 9 heteroatoms. The van der Waals surface area contributed by atoms with E-state index in [1.807, 2.05) is 55.5 Å². The Morgan fingerprint density at radius 1 is 0.951 bits per heavy atom. The van der Waals surface area contributed by atoms with Crippen LogP contribution in [0.5, 0.6) is 0 Å². The zero-order valence-electron chi connectivity index (χ0n) is 25.2. The van der Waals surface area contributed by atoms with Crippen LogP contribution in [0, 0.1) is 6.92 Å². The molecule has 2 unspecified atom stereocenters. The van der Waals surface area contributed by atoms with E-state index in [-0.39, 0.29) is 19.5 Å². The summed E-state index contributed by atoms with van der Waals surface area (Å²) in [6, 6.07) is 14.7. The van der Waals surface area contributed by atoms with Gasteiger partial charge >= 0.3 is 12.1 Å². The van der Waals surface area contributed by atoms with Crippen LogP contribution in [-0.2, 0) is 30.3 Å². The minimum absolute atomic E-state index is 0.203. The lowest BCUT2D eigenvalue weighted by Gasteiger charge is -2.34. The van der Waals surface area contributed by atoms with E-state index in [2.05, 4.69) is 17.6 Å². The van der Waals surface area contributed by atoms with Crippen LogP contribution in [0.15, 0.2) is 54.6 Å². The molecule has 0 bridgehead atoms. The van der Waals surface area contributed by atoms with E-state index in [9.17, 15) is 19.2 Å². The fourth-order valence-corrected chi connectivity index (χ4v) is 4.42. The molecule has 2 rings (SSSR count). The Hall–Kier alpha value is -3.88. The Bertz CT molecular complexity index is 1150. The predicted molar refractivity (Wildman–Crippen MR) is 158 cm³/mol. The molecular formula is C32H45N3O6. The zero-order chi connectivity index (χ0) is 30.4. The van der Waals surface area contributed by atoms with Gasteiger partial charge in [-0.15, -0.1) is 0 Å². The number of hydrogen-bond donors (Lipinski definition) is 2. The molecule has 0 saturated carbocycles. The van der Waals surface area contributed by atoms with E-state index in [0.29, 0.717) is 12.0 Å². The lowest BCUT2D eigenvalue weighted by molar-refractivity contribution is -0.144. The van der Waals surface area contributed by atoms with Gasteiger partial charge in [-0.25, -0.2) is 4.79 Å². The molecule has 0 aliphatic rings. The quantitative estimate of drug-likeness (QED) is 0.249. The lowest BCUT2D eigenvalue weighted by Crippen LogP contribution is -2.54.